The van der Waals surface area contributed by atoms with E-state index in [1.165, 1.54) is 11.7 Å². The fourth-order valence-electron chi connectivity index (χ4n) is 3.19. The lowest BCUT2D eigenvalue weighted by molar-refractivity contribution is -0.154. The molecule has 1 amide bonds. The fourth-order valence-corrected chi connectivity index (χ4v) is 3.19. The highest BCUT2D eigenvalue weighted by Crippen LogP contribution is 2.20. The van der Waals surface area contributed by atoms with E-state index in [2.05, 4.69) is 0 Å². The molecule has 1 aromatic heterocycles. The van der Waals surface area contributed by atoms with E-state index in [1.54, 1.807) is 23.1 Å². The van der Waals surface area contributed by atoms with Crippen molar-refractivity contribution in [3.05, 3.63) is 34.8 Å². The Bertz CT molecular complexity index is 807. The van der Waals surface area contributed by atoms with Gasteiger partial charge in [-0.3, -0.25) is 9.36 Å². The van der Waals surface area contributed by atoms with E-state index in [4.69, 9.17) is 9.15 Å². The molecule has 1 aromatic carbocycles. The van der Waals surface area contributed by atoms with Crippen molar-refractivity contribution in [2.45, 2.75) is 38.3 Å². The van der Waals surface area contributed by atoms with Crippen LogP contribution in [0.2, 0.25) is 0 Å². The van der Waals surface area contributed by atoms with Crippen molar-refractivity contribution in [1.29, 1.82) is 0 Å². The molecule has 24 heavy (non-hydrogen) atoms. The largest absolute Gasteiger partial charge is 0.467 e. The number of hydrogen-bond acceptors (Lipinski definition) is 5. The number of para-hydroxylation sites is 2. The number of rotatable bonds is 4. The summed E-state index contributed by atoms with van der Waals surface area (Å²) in [7, 11) is 1.33. The van der Waals surface area contributed by atoms with Crippen LogP contribution in [0.1, 0.15) is 25.7 Å². The van der Waals surface area contributed by atoms with Crippen molar-refractivity contribution in [2.75, 3.05) is 13.7 Å². The Morgan fingerprint density at radius 1 is 1.29 bits per heavy atom. The molecule has 7 heteroatoms. The van der Waals surface area contributed by atoms with Crippen LogP contribution in [-0.2, 0) is 20.9 Å². The number of oxazole rings is 1. The van der Waals surface area contributed by atoms with Crippen molar-refractivity contribution in [2.24, 2.45) is 0 Å². The maximum Gasteiger partial charge on any atom is 0.419 e. The summed E-state index contributed by atoms with van der Waals surface area (Å²) >= 11 is 0. The molecule has 1 aliphatic rings. The minimum absolute atomic E-state index is 0.136. The first-order valence-electron chi connectivity index (χ1n) is 8.07. The molecule has 1 aliphatic heterocycles. The lowest BCUT2D eigenvalue weighted by atomic mass is 10.0. The Balaban J connectivity index is 1.73. The van der Waals surface area contributed by atoms with Gasteiger partial charge in [0.15, 0.2) is 5.58 Å². The summed E-state index contributed by atoms with van der Waals surface area (Å²) in [5.74, 6) is -1.01. The quantitative estimate of drug-likeness (QED) is 0.793. The van der Waals surface area contributed by atoms with Crippen LogP contribution in [0.4, 0.5) is 0 Å². The molecular weight excluding hydrogens is 312 g/mol. The number of fused-ring (bicyclic) bond motifs is 1. The standard InChI is InChI=1S/C17H20N2O5/c1-23-16(21)13-7-4-5-10-18(13)15(20)9-11-19-12-6-2-3-8-14(12)24-17(19)22/h2-3,6,8,13H,4-5,7,9-11H2,1H3. The zero-order chi connectivity index (χ0) is 17.1. The summed E-state index contributed by atoms with van der Waals surface area (Å²) in [4.78, 5) is 37.9. The summed E-state index contributed by atoms with van der Waals surface area (Å²) in [6.45, 7) is 0.763. The predicted octanol–water partition coefficient (Wildman–Crippen LogP) is 1.54. The van der Waals surface area contributed by atoms with Gasteiger partial charge in [0.1, 0.15) is 6.04 Å². The van der Waals surface area contributed by atoms with Gasteiger partial charge in [-0.1, -0.05) is 12.1 Å². The van der Waals surface area contributed by atoms with E-state index >= 15 is 0 Å². The number of carbonyl (C=O) groups is 2. The first-order chi connectivity index (χ1) is 11.6. The first-order valence-corrected chi connectivity index (χ1v) is 8.07. The number of hydrogen-bond donors (Lipinski definition) is 0. The molecule has 0 bridgehead atoms. The highest BCUT2D eigenvalue weighted by atomic mass is 16.5. The van der Waals surface area contributed by atoms with Crippen molar-refractivity contribution in [1.82, 2.24) is 9.47 Å². The molecular formula is C17H20N2O5. The molecule has 1 unspecified atom stereocenters. The molecule has 0 aliphatic carbocycles. The van der Waals surface area contributed by atoms with Crippen LogP contribution >= 0.6 is 0 Å². The highest BCUT2D eigenvalue weighted by molar-refractivity contribution is 5.84. The number of esters is 1. The summed E-state index contributed by atoms with van der Waals surface area (Å²) in [5.41, 5.74) is 1.17. The first kappa shape index (κ1) is 16.3. The van der Waals surface area contributed by atoms with Gasteiger partial charge >= 0.3 is 11.7 Å². The maximum absolute atomic E-state index is 12.5. The van der Waals surface area contributed by atoms with E-state index in [9.17, 15) is 14.4 Å². The number of methoxy groups -OCH3 is 1. The molecule has 2 aromatic rings. The summed E-state index contributed by atoms with van der Waals surface area (Å²) < 4.78 is 11.4. The third-order valence-corrected chi connectivity index (χ3v) is 4.42. The second-order valence-corrected chi connectivity index (χ2v) is 5.86. The number of benzene rings is 1. The Hall–Kier alpha value is -2.57. The molecule has 128 valence electrons. The van der Waals surface area contributed by atoms with Gasteiger partial charge in [0, 0.05) is 19.5 Å². The Kier molecular flexibility index (Phi) is 4.69. The van der Waals surface area contributed by atoms with Crippen molar-refractivity contribution >= 4 is 23.0 Å². The maximum atomic E-state index is 12.5. The van der Waals surface area contributed by atoms with E-state index in [0.29, 0.717) is 24.1 Å². The molecule has 7 nitrogen and oxygen atoms in total. The van der Waals surface area contributed by atoms with Gasteiger partial charge in [0.05, 0.1) is 12.6 Å². The molecule has 1 saturated heterocycles. The minimum Gasteiger partial charge on any atom is -0.467 e. The fraction of sp³-hybridized carbons (Fsp3) is 0.471. The molecule has 0 saturated carbocycles. The molecule has 2 heterocycles. The molecule has 0 N–H and O–H groups in total. The van der Waals surface area contributed by atoms with Crippen LogP contribution in [0.5, 0.6) is 0 Å². The van der Waals surface area contributed by atoms with Gasteiger partial charge in [0.2, 0.25) is 5.91 Å². The second kappa shape index (κ2) is 6.90. The van der Waals surface area contributed by atoms with Crippen LogP contribution in [-0.4, -0.2) is 41.0 Å². The van der Waals surface area contributed by atoms with Gasteiger partial charge < -0.3 is 14.1 Å². The third kappa shape index (κ3) is 3.06. The van der Waals surface area contributed by atoms with Gasteiger partial charge in [-0.15, -0.1) is 0 Å². The SMILES string of the molecule is COC(=O)C1CCCCN1C(=O)CCn1c(=O)oc2ccccc21. The summed E-state index contributed by atoms with van der Waals surface area (Å²) in [5, 5.41) is 0. The second-order valence-electron chi connectivity index (χ2n) is 5.86. The van der Waals surface area contributed by atoms with E-state index < -0.39 is 11.8 Å². The Labute approximate surface area is 138 Å². The van der Waals surface area contributed by atoms with Gasteiger partial charge in [0.25, 0.3) is 0 Å². The van der Waals surface area contributed by atoms with Gasteiger partial charge in [-0.05, 0) is 31.4 Å². The van der Waals surface area contributed by atoms with Crippen molar-refractivity contribution in [3.8, 4) is 0 Å². The van der Waals surface area contributed by atoms with Crippen LogP contribution in [0.15, 0.2) is 33.5 Å². The van der Waals surface area contributed by atoms with Crippen LogP contribution in [0.3, 0.4) is 0 Å². The molecule has 1 atom stereocenters. The zero-order valence-electron chi connectivity index (χ0n) is 13.6. The Morgan fingerprint density at radius 3 is 2.88 bits per heavy atom. The van der Waals surface area contributed by atoms with Gasteiger partial charge in [-0.2, -0.15) is 0 Å². The number of likely N-dealkylation sites (tertiary alicyclic amines) is 1. The molecule has 1 fully saturated rings. The minimum atomic E-state index is -0.519. The number of carbonyl (C=O) groups excluding carboxylic acids is 2. The average Bonchev–Trinajstić information content (AvgIpc) is 2.94. The third-order valence-electron chi connectivity index (χ3n) is 4.42. The lowest BCUT2D eigenvalue weighted by Crippen LogP contribution is -2.48. The van der Waals surface area contributed by atoms with E-state index in [0.717, 1.165) is 12.8 Å². The number of amides is 1. The number of piperidine rings is 1. The topological polar surface area (TPSA) is 81.8 Å². The zero-order valence-corrected chi connectivity index (χ0v) is 13.6. The lowest BCUT2D eigenvalue weighted by Gasteiger charge is -2.33. The summed E-state index contributed by atoms with van der Waals surface area (Å²) in [6, 6.07) is 6.58. The molecule has 0 radical (unpaired) electrons. The number of ether oxygens (including phenoxy) is 1. The smallest absolute Gasteiger partial charge is 0.419 e. The molecule has 3 rings (SSSR count). The van der Waals surface area contributed by atoms with Crippen molar-refractivity contribution in [3.63, 3.8) is 0 Å². The predicted molar refractivity (Wildman–Crippen MR) is 86.5 cm³/mol. The van der Waals surface area contributed by atoms with Gasteiger partial charge in [-0.25, -0.2) is 9.59 Å². The average molecular weight is 332 g/mol. The van der Waals surface area contributed by atoms with E-state index in [1.807, 2.05) is 6.07 Å². The summed E-state index contributed by atoms with van der Waals surface area (Å²) in [6.07, 6.45) is 2.52. The van der Waals surface area contributed by atoms with Crippen LogP contribution in [0.25, 0.3) is 11.1 Å². The number of aryl methyl sites for hydroxylation is 1. The molecule has 0 spiro atoms. The number of nitrogens with zero attached hydrogens (tertiary/aromatic N) is 2. The number of aromatic nitrogens is 1. The Morgan fingerprint density at radius 2 is 2.08 bits per heavy atom. The highest BCUT2D eigenvalue weighted by Gasteiger charge is 2.32. The van der Waals surface area contributed by atoms with E-state index in [-0.39, 0.29) is 24.8 Å². The normalized spacial score (nSPS) is 17.9. The monoisotopic (exact) mass is 332 g/mol. The van der Waals surface area contributed by atoms with Crippen molar-refractivity contribution < 1.29 is 18.7 Å². The van der Waals surface area contributed by atoms with Crippen LogP contribution in [0, 0.1) is 0 Å². The van der Waals surface area contributed by atoms with Crippen LogP contribution < -0.4 is 5.76 Å².